The predicted octanol–water partition coefficient (Wildman–Crippen LogP) is 2.65. The van der Waals surface area contributed by atoms with E-state index in [2.05, 4.69) is 15.6 Å². The Morgan fingerprint density at radius 3 is 1.94 bits per heavy atom. The topological polar surface area (TPSA) is 184 Å². The zero-order chi connectivity index (χ0) is 39.7. The van der Waals surface area contributed by atoms with E-state index in [0.29, 0.717) is 33.0 Å². The number of rotatable bonds is 22. The lowest BCUT2D eigenvalue weighted by Gasteiger charge is -2.35. The van der Waals surface area contributed by atoms with Gasteiger partial charge in [-0.2, -0.15) is 0 Å². The molecule has 2 aromatic rings. The summed E-state index contributed by atoms with van der Waals surface area (Å²) in [6.45, 7) is 15.0. The minimum atomic E-state index is -0.959. The number of benzene rings is 1. The molecule has 3 rings (SSSR count). The van der Waals surface area contributed by atoms with E-state index < -0.39 is 47.0 Å². The monoisotopic (exact) mass is 778 g/mol. The molecule has 0 unspecified atom stereocenters. The molecule has 0 bridgehead atoms. The van der Waals surface area contributed by atoms with Crippen LogP contribution >= 0.6 is 11.3 Å². The number of carbonyl (C=O) groups excluding carboxylic acids is 4. The first-order valence-electron chi connectivity index (χ1n) is 18.2. The highest BCUT2D eigenvalue weighted by atomic mass is 32.1. The van der Waals surface area contributed by atoms with Gasteiger partial charge in [0.05, 0.1) is 75.0 Å². The summed E-state index contributed by atoms with van der Waals surface area (Å²) in [6, 6.07) is 6.01. The van der Waals surface area contributed by atoms with E-state index in [1.165, 1.54) is 4.90 Å². The number of esters is 1. The Morgan fingerprint density at radius 1 is 0.870 bits per heavy atom. The highest BCUT2D eigenvalue weighted by molar-refractivity contribution is 7.13. The van der Waals surface area contributed by atoms with Gasteiger partial charge in [-0.3, -0.25) is 14.4 Å². The number of aliphatic hydroxyl groups excluding tert-OH is 1. The summed E-state index contributed by atoms with van der Waals surface area (Å²) < 4.78 is 32.2. The lowest BCUT2D eigenvalue weighted by atomic mass is 9.85. The molecular formula is C38H58N4O11S. The van der Waals surface area contributed by atoms with Crippen LogP contribution in [0.5, 0.6) is 0 Å². The lowest BCUT2D eigenvalue weighted by Crippen LogP contribution is -2.58. The SMILES string of the molecule is Cc1ncsc1-c1ccc(CNC(=O)[C@@H]2C[C@@H](O)CN2C(=O)[C@@H](NC(=O)COCCOCCOCCOCCOCC(=O)OC(C)(C)C)C(C)(C)C)cc1. The maximum atomic E-state index is 13.8. The Balaban J connectivity index is 1.30. The molecule has 0 radical (unpaired) electrons. The number of aromatic nitrogens is 1. The van der Waals surface area contributed by atoms with Crippen molar-refractivity contribution in [2.24, 2.45) is 5.41 Å². The fourth-order valence-corrected chi connectivity index (χ4v) is 6.26. The first kappa shape index (κ1) is 44.9. The van der Waals surface area contributed by atoms with Crippen LogP contribution in [-0.4, -0.2) is 135 Å². The molecule has 54 heavy (non-hydrogen) atoms. The Kier molecular flexibility index (Phi) is 18.4. The number of hydrogen-bond acceptors (Lipinski definition) is 13. The summed E-state index contributed by atoms with van der Waals surface area (Å²) in [5.41, 5.74) is 3.47. The normalized spacial score (nSPS) is 16.6. The van der Waals surface area contributed by atoms with Crippen LogP contribution in [-0.2, 0) is 54.1 Å². The molecule has 15 nitrogen and oxygen atoms in total. The number of carbonyl (C=O) groups is 4. The van der Waals surface area contributed by atoms with E-state index in [1.54, 1.807) is 32.1 Å². The number of ether oxygens (including phenoxy) is 6. The Bertz CT molecular complexity index is 1470. The van der Waals surface area contributed by atoms with Crippen molar-refractivity contribution in [3.8, 4) is 10.4 Å². The van der Waals surface area contributed by atoms with Crippen molar-refractivity contribution >= 4 is 35.0 Å². The molecule has 1 fully saturated rings. The van der Waals surface area contributed by atoms with E-state index in [0.717, 1.165) is 21.7 Å². The number of nitrogens with one attached hydrogen (secondary N) is 2. The molecule has 302 valence electrons. The van der Waals surface area contributed by atoms with Crippen LogP contribution < -0.4 is 10.6 Å². The number of hydrogen-bond donors (Lipinski definition) is 3. The summed E-state index contributed by atoms with van der Waals surface area (Å²) in [5, 5.41) is 16.1. The summed E-state index contributed by atoms with van der Waals surface area (Å²) >= 11 is 1.57. The minimum Gasteiger partial charge on any atom is -0.458 e. The number of amides is 3. The molecule has 0 aliphatic carbocycles. The molecule has 2 heterocycles. The van der Waals surface area contributed by atoms with Gasteiger partial charge in [0.2, 0.25) is 17.7 Å². The molecule has 1 aliphatic rings. The fraction of sp³-hybridized carbons (Fsp3) is 0.658. The molecular weight excluding hydrogens is 721 g/mol. The van der Waals surface area contributed by atoms with Crippen molar-refractivity contribution in [2.75, 3.05) is 72.6 Å². The summed E-state index contributed by atoms with van der Waals surface area (Å²) in [5.74, 6) is -1.73. The highest BCUT2D eigenvalue weighted by Gasteiger charge is 2.44. The molecule has 3 N–H and O–H groups in total. The van der Waals surface area contributed by atoms with Gasteiger partial charge < -0.3 is 49.1 Å². The van der Waals surface area contributed by atoms with Gasteiger partial charge in [0.1, 0.15) is 30.9 Å². The van der Waals surface area contributed by atoms with Gasteiger partial charge in [0, 0.05) is 19.5 Å². The molecule has 1 aromatic carbocycles. The third-order valence-electron chi connectivity index (χ3n) is 8.07. The maximum Gasteiger partial charge on any atom is 0.332 e. The second-order valence-corrected chi connectivity index (χ2v) is 15.8. The zero-order valence-electron chi connectivity index (χ0n) is 32.6. The number of aryl methyl sites for hydroxylation is 1. The summed E-state index contributed by atoms with van der Waals surface area (Å²) in [6.07, 6.45) is -0.768. The minimum absolute atomic E-state index is 0.0147. The van der Waals surface area contributed by atoms with Gasteiger partial charge in [-0.25, -0.2) is 9.78 Å². The van der Waals surface area contributed by atoms with Crippen molar-refractivity contribution < 1.29 is 52.7 Å². The van der Waals surface area contributed by atoms with Gasteiger partial charge >= 0.3 is 5.97 Å². The Labute approximate surface area is 322 Å². The average Bonchev–Trinajstić information content (AvgIpc) is 3.71. The maximum absolute atomic E-state index is 13.8. The number of β-amino-alcohol motifs (C(OH)–C–C–N with tert-alkyl or cyclic N) is 1. The predicted molar refractivity (Wildman–Crippen MR) is 202 cm³/mol. The van der Waals surface area contributed by atoms with Gasteiger partial charge in [0.25, 0.3) is 0 Å². The summed E-state index contributed by atoms with van der Waals surface area (Å²) in [4.78, 5) is 58.3. The van der Waals surface area contributed by atoms with Crippen LogP contribution in [0, 0.1) is 12.3 Å². The van der Waals surface area contributed by atoms with Crippen molar-refractivity contribution in [2.45, 2.75) is 85.2 Å². The van der Waals surface area contributed by atoms with E-state index in [9.17, 15) is 24.3 Å². The first-order chi connectivity index (χ1) is 25.5. The number of thiazole rings is 1. The molecule has 0 saturated carbocycles. The van der Waals surface area contributed by atoms with Gasteiger partial charge in [-0.1, -0.05) is 45.0 Å². The average molecular weight is 779 g/mol. The molecule has 3 amide bonds. The number of aliphatic hydroxyl groups is 1. The third-order valence-corrected chi connectivity index (χ3v) is 9.05. The van der Waals surface area contributed by atoms with Crippen LogP contribution in [0.3, 0.4) is 0 Å². The van der Waals surface area contributed by atoms with Crippen LogP contribution in [0.4, 0.5) is 0 Å². The van der Waals surface area contributed by atoms with Crippen molar-refractivity contribution in [3.63, 3.8) is 0 Å². The van der Waals surface area contributed by atoms with Gasteiger partial charge in [-0.05, 0) is 44.2 Å². The smallest absolute Gasteiger partial charge is 0.332 e. The molecule has 0 spiro atoms. The highest BCUT2D eigenvalue weighted by Crippen LogP contribution is 2.28. The lowest BCUT2D eigenvalue weighted by molar-refractivity contribution is -0.160. The zero-order valence-corrected chi connectivity index (χ0v) is 33.5. The fourth-order valence-electron chi connectivity index (χ4n) is 5.45. The van der Waals surface area contributed by atoms with Crippen LogP contribution in [0.2, 0.25) is 0 Å². The van der Waals surface area contributed by atoms with Crippen LogP contribution in [0.1, 0.15) is 59.2 Å². The van der Waals surface area contributed by atoms with E-state index in [-0.39, 0.29) is 58.5 Å². The van der Waals surface area contributed by atoms with E-state index in [1.807, 2.05) is 57.5 Å². The first-order valence-corrected chi connectivity index (χ1v) is 19.1. The van der Waals surface area contributed by atoms with Crippen LogP contribution in [0.15, 0.2) is 29.8 Å². The van der Waals surface area contributed by atoms with Crippen molar-refractivity contribution in [1.82, 2.24) is 20.5 Å². The number of nitrogens with zero attached hydrogens (tertiary/aromatic N) is 2. The Morgan fingerprint density at radius 2 is 1.43 bits per heavy atom. The van der Waals surface area contributed by atoms with Crippen molar-refractivity contribution in [3.05, 3.63) is 41.0 Å². The van der Waals surface area contributed by atoms with Crippen LogP contribution in [0.25, 0.3) is 10.4 Å². The molecule has 3 atom stereocenters. The Hall–Kier alpha value is -3.51. The van der Waals surface area contributed by atoms with E-state index in [4.69, 9.17) is 28.4 Å². The van der Waals surface area contributed by atoms with Gasteiger partial charge in [0.15, 0.2) is 0 Å². The largest absolute Gasteiger partial charge is 0.458 e. The quantitative estimate of drug-likeness (QED) is 0.118. The molecule has 16 heteroatoms. The van der Waals surface area contributed by atoms with Crippen molar-refractivity contribution in [1.29, 1.82) is 0 Å². The molecule has 1 aliphatic heterocycles. The third kappa shape index (κ3) is 16.1. The second-order valence-electron chi connectivity index (χ2n) is 15.0. The molecule has 1 saturated heterocycles. The summed E-state index contributed by atoms with van der Waals surface area (Å²) in [7, 11) is 0. The number of likely N-dealkylation sites (tertiary alicyclic amines) is 1. The standard InChI is InChI=1S/C38H58N4O11S/c1-26-33(54-25-40-26)28-10-8-27(9-11-28)21-39-35(46)30-20-29(43)22-42(30)36(47)34(37(2,3)4)41-31(44)23-51-18-16-49-14-12-48-13-15-50-17-19-52-24-32(45)53-38(5,6)7/h8-11,25,29-30,34,43H,12-24H2,1-7H3,(H,39,46)(H,41,44)/t29-,30+,34-/m1/s1. The second kappa shape index (κ2) is 22.1. The molecule has 1 aromatic heterocycles. The van der Waals surface area contributed by atoms with E-state index >= 15 is 0 Å². The van der Waals surface area contributed by atoms with Gasteiger partial charge in [-0.15, -0.1) is 11.3 Å².